The predicted octanol–water partition coefficient (Wildman–Crippen LogP) is 5.90. The number of hydrogen-bond donors (Lipinski definition) is 4. The van der Waals surface area contributed by atoms with Gasteiger partial charge in [0, 0.05) is 36.3 Å². The Morgan fingerprint density at radius 1 is 1.06 bits per heavy atom. The second-order valence-electron chi connectivity index (χ2n) is 12.7. The van der Waals surface area contributed by atoms with E-state index in [-0.39, 0.29) is 53.4 Å². The van der Waals surface area contributed by atoms with Crippen LogP contribution in [0.15, 0.2) is 96.0 Å². The van der Waals surface area contributed by atoms with Crippen LogP contribution in [-0.4, -0.2) is 73.6 Å². The predicted molar refractivity (Wildman–Crippen MR) is 192 cm³/mol. The second kappa shape index (κ2) is 13.9. The summed E-state index contributed by atoms with van der Waals surface area (Å²) in [5.74, 6) is -0.607. The van der Waals surface area contributed by atoms with Crippen LogP contribution in [-0.2, 0) is 16.4 Å². The van der Waals surface area contributed by atoms with Gasteiger partial charge in [0.2, 0.25) is 10.0 Å². The Labute approximate surface area is 286 Å². The maximum Gasteiger partial charge on any atom is 0.323 e. The number of allylic oxidation sites excluding steroid dienone is 1. The lowest BCUT2D eigenvalue weighted by molar-refractivity contribution is 0.0389. The van der Waals surface area contributed by atoms with Gasteiger partial charge in [0.05, 0.1) is 41.0 Å². The number of ether oxygens (including phenoxy) is 1. The first-order valence-electron chi connectivity index (χ1n) is 16.3. The van der Waals surface area contributed by atoms with Crippen LogP contribution < -0.4 is 20.7 Å². The number of likely N-dealkylation sites (N-methyl/N-ethyl adjacent to an activating group) is 1. The van der Waals surface area contributed by atoms with Crippen molar-refractivity contribution in [2.45, 2.75) is 43.7 Å². The molecule has 6 rings (SSSR count). The lowest BCUT2D eigenvalue weighted by Gasteiger charge is -2.38. The molecular formula is C37H41N5O6S. The van der Waals surface area contributed by atoms with Gasteiger partial charge in [-0.3, -0.25) is 4.79 Å². The zero-order chi connectivity index (χ0) is 34.9. The molecule has 4 aromatic rings. The molecule has 0 saturated carbocycles. The number of rotatable bonds is 8. The van der Waals surface area contributed by atoms with Crippen LogP contribution in [0.2, 0.25) is 0 Å². The van der Waals surface area contributed by atoms with Crippen molar-refractivity contribution in [1.29, 1.82) is 0 Å². The molecule has 0 fully saturated rings. The minimum absolute atomic E-state index is 0.0405. The number of sulfonamides is 1. The average molecular weight is 684 g/mol. The number of carbonyl (C=O) groups is 2. The zero-order valence-corrected chi connectivity index (χ0v) is 28.6. The first-order chi connectivity index (χ1) is 23.5. The van der Waals surface area contributed by atoms with Gasteiger partial charge >= 0.3 is 6.03 Å². The molecule has 256 valence electrons. The molecule has 2 aliphatic rings. The second-order valence-corrected chi connectivity index (χ2v) is 14.8. The molecule has 4 N–H and O–H groups in total. The number of urea groups is 1. The minimum Gasteiger partial charge on any atom is -0.486 e. The Bertz CT molecular complexity index is 2030. The molecule has 3 unspecified atom stereocenters. The molecule has 0 aromatic heterocycles. The van der Waals surface area contributed by atoms with Gasteiger partial charge in [-0.05, 0) is 67.1 Å². The van der Waals surface area contributed by atoms with Gasteiger partial charge in [0.15, 0.2) is 5.75 Å². The topological polar surface area (TPSA) is 140 Å². The van der Waals surface area contributed by atoms with E-state index in [1.165, 1.54) is 11.4 Å². The van der Waals surface area contributed by atoms with Gasteiger partial charge in [-0.1, -0.05) is 56.0 Å². The van der Waals surface area contributed by atoms with E-state index >= 15 is 0 Å². The number of hydrogen-bond acceptors (Lipinski definition) is 7. The fourth-order valence-corrected chi connectivity index (χ4v) is 7.53. The van der Waals surface area contributed by atoms with Gasteiger partial charge in [-0.25, -0.2) is 13.2 Å². The van der Waals surface area contributed by atoms with E-state index in [4.69, 9.17) is 4.74 Å². The van der Waals surface area contributed by atoms with Gasteiger partial charge in [0.25, 0.3) is 5.91 Å². The van der Waals surface area contributed by atoms with E-state index in [1.54, 1.807) is 54.3 Å². The third-order valence-electron chi connectivity index (χ3n) is 9.21. The number of nitrogens with one attached hydrogen (secondary N) is 3. The smallest absolute Gasteiger partial charge is 0.323 e. The first kappa shape index (κ1) is 34.0. The lowest BCUT2D eigenvalue weighted by Crippen LogP contribution is -2.50. The van der Waals surface area contributed by atoms with Crippen molar-refractivity contribution in [1.82, 2.24) is 9.21 Å². The van der Waals surface area contributed by atoms with Crippen molar-refractivity contribution in [2.75, 3.05) is 42.7 Å². The van der Waals surface area contributed by atoms with Crippen molar-refractivity contribution in [3.8, 4) is 5.75 Å². The molecule has 0 spiro atoms. The number of carbonyl (C=O) groups excluding carboxylic acids is 2. The summed E-state index contributed by atoms with van der Waals surface area (Å²) in [5, 5.41) is 20.8. The van der Waals surface area contributed by atoms with E-state index in [0.717, 1.165) is 34.1 Å². The number of aliphatic hydroxyl groups excluding tert-OH is 1. The largest absolute Gasteiger partial charge is 0.486 e. The van der Waals surface area contributed by atoms with Crippen LogP contribution in [0.5, 0.6) is 5.75 Å². The summed E-state index contributed by atoms with van der Waals surface area (Å²) >= 11 is 0. The number of nitrogens with zero attached hydrogens (tertiary/aromatic N) is 2. The van der Waals surface area contributed by atoms with E-state index < -0.39 is 28.2 Å². The quantitative estimate of drug-likeness (QED) is 0.181. The average Bonchev–Trinajstić information content (AvgIpc) is 3.09. The normalized spacial score (nSPS) is 18.4. The maximum atomic E-state index is 13.9. The summed E-state index contributed by atoms with van der Waals surface area (Å²) in [5.41, 5.74) is 3.67. The minimum atomic E-state index is -3.93. The van der Waals surface area contributed by atoms with Gasteiger partial charge < -0.3 is 30.7 Å². The van der Waals surface area contributed by atoms with E-state index in [2.05, 4.69) is 22.5 Å². The van der Waals surface area contributed by atoms with Crippen LogP contribution >= 0.6 is 0 Å². The number of para-hydroxylation sites is 1. The maximum absolute atomic E-state index is 13.9. The van der Waals surface area contributed by atoms with Gasteiger partial charge in [-0.15, -0.1) is 0 Å². The molecule has 49 heavy (non-hydrogen) atoms. The Hall–Kier alpha value is -4.91. The molecule has 2 aliphatic heterocycles. The van der Waals surface area contributed by atoms with Crippen LogP contribution in [0.25, 0.3) is 10.8 Å². The molecule has 0 bridgehead atoms. The zero-order valence-electron chi connectivity index (χ0n) is 27.8. The van der Waals surface area contributed by atoms with Crippen molar-refractivity contribution in [3.05, 3.63) is 102 Å². The molecule has 0 aliphatic carbocycles. The fraction of sp³-hybridized carbons (Fsp3) is 0.297. The highest BCUT2D eigenvalue weighted by Crippen LogP contribution is 2.36. The monoisotopic (exact) mass is 683 g/mol. The summed E-state index contributed by atoms with van der Waals surface area (Å²) in [6, 6.07) is 22.1. The molecule has 4 aromatic carbocycles. The standard InChI is InChI=1S/C37H41N5O6S/c1-23-20-42(25(3)22-43)36(44)30-12-8-14-33(40-37(45)39-32-13-7-10-26-9-5-6-11-29(26)32)35(30)48-34(23)21-41(4)49(46,47)28-17-18-31-27(19-28)16-15-24(2)38-31/h5-14,17-19,23,25,34,38,43H,2,15-16,20-22H2,1,3-4H3,(H2,39,40,45). The summed E-state index contributed by atoms with van der Waals surface area (Å²) in [6.45, 7) is 7.51. The van der Waals surface area contributed by atoms with Crippen molar-refractivity contribution in [2.24, 2.45) is 5.92 Å². The third-order valence-corrected chi connectivity index (χ3v) is 11.0. The SMILES string of the molecule is C=C1CCc2cc(S(=O)(=O)N(C)CC3Oc4c(NC(=O)Nc5cccc6ccccc56)cccc4C(=O)N(C(C)CO)CC3C)ccc2N1. The number of amides is 3. The number of aliphatic hydroxyl groups is 1. The fourth-order valence-electron chi connectivity index (χ4n) is 6.30. The summed E-state index contributed by atoms with van der Waals surface area (Å²) in [6.07, 6.45) is 0.674. The van der Waals surface area contributed by atoms with Crippen LogP contribution in [0.1, 0.15) is 36.2 Å². The van der Waals surface area contributed by atoms with E-state index in [0.29, 0.717) is 12.1 Å². The van der Waals surface area contributed by atoms with Crippen LogP contribution in [0.4, 0.5) is 21.9 Å². The number of aryl methyl sites for hydroxylation is 1. The highest BCUT2D eigenvalue weighted by atomic mass is 32.2. The van der Waals surface area contributed by atoms with Gasteiger partial charge in [0.1, 0.15) is 6.10 Å². The van der Waals surface area contributed by atoms with Crippen LogP contribution in [0.3, 0.4) is 0 Å². The Morgan fingerprint density at radius 3 is 2.57 bits per heavy atom. The molecule has 3 atom stereocenters. The Kier molecular flexibility index (Phi) is 9.64. The first-order valence-corrected chi connectivity index (χ1v) is 17.7. The van der Waals surface area contributed by atoms with E-state index in [1.807, 2.05) is 43.3 Å². The van der Waals surface area contributed by atoms with Crippen molar-refractivity contribution >= 4 is 49.8 Å². The number of benzene rings is 4. The van der Waals surface area contributed by atoms with Crippen molar-refractivity contribution in [3.63, 3.8) is 0 Å². The molecule has 0 radical (unpaired) electrons. The van der Waals surface area contributed by atoms with E-state index in [9.17, 15) is 23.1 Å². The van der Waals surface area contributed by atoms with Gasteiger partial charge in [-0.2, -0.15) is 4.31 Å². The molecule has 12 heteroatoms. The summed E-state index contributed by atoms with van der Waals surface area (Å²) in [7, 11) is -2.43. The van der Waals surface area contributed by atoms with Crippen LogP contribution in [0, 0.1) is 5.92 Å². The van der Waals surface area contributed by atoms with Crippen molar-refractivity contribution < 1.29 is 27.9 Å². The molecular weight excluding hydrogens is 643 g/mol. The molecule has 11 nitrogen and oxygen atoms in total. The Morgan fingerprint density at radius 2 is 1.78 bits per heavy atom. The lowest BCUT2D eigenvalue weighted by atomic mass is 9.99. The molecule has 2 heterocycles. The summed E-state index contributed by atoms with van der Waals surface area (Å²) < 4.78 is 35.6. The number of fused-ring (bicyclic) bond motifs is 3. The highest BCUT2D eigenvalue weighted by molar-refractivity contribution is 7.89. The third kappa shape index (κ3) is 6.98. The Balaban J connectivity index is 1.30. The molecule has 3 amide bonds. The number of anilines is 3. The highest BCUT2D eigenvalue weighted by Gasteiger charge is 2.36. The summed E-state index contributed by atoms with van der Waals surface area (Å²) in [4.78, 5) is 29.0. The molecule has 0 saturated heterocycles.